The van der Waals surface area contributed by atoms with Crippen molar-refractivity contribution in [3.63, 3.8) is 0 Å². The number of hydrogen-bond acceptors (Lipinski definition) is 2. The van der Waals surface area contributed by atoms with E-state index in [1.165, 1.54) is 11.1 Å². The van der Waals surface area contributed by atoms with Crippen LogP contribution in [0.4, 0.5) is 0 Å². The monoisotopic (exact) mass is 191 g/mol. The van der Waals surface area contributed by atoms with E-state index in [2.05, 4.69) is 36.2 Å². The fourth-order valence-electron chi connectivity index (χ4n) is 1.22. The first-order chi connectivity index (χ1) is 6.86. The van der Waals surface area contributed by atoms with Crippen molar-refractivity contribution < 1.29 is 4.74 Å². The van der Waals surface area contributed by atoms with E-state index in [4.69, 9.17) is 4.74 Å². The van der Waals surface area contributed by atoms with Crippen molar-refractivity contribution in [3.05, 3.63) is 48.0 Å². The van der Waals surface area contributed by atoms with Crippen molar-refractivity contribution in [1.29, 1.82) is 0 Å². The van der Waals surface area contributed by atoms with Crippen molar-refractivity contribution in [2.45, 2.75) is 13.2 Å². The van der Waals surface area contributed by atoms with Crippen molar-refractivity contribution in [2.75, 3.05) is 13.7 Å². The Morgan fingerprint density at radius 3 is 2.50 bits per heavy atom. The van der Waals surface area contributed by atoms with Gasteiger partial charge in [0.2, 0.25) is 0 Å². The van der Waals surface area contributed by atoms with E-state index in [-0.39, 0.29) is 0 Å². The highest BCUT2D eigenvalue weighted by Crippen LogP contribution is 2.05. The molecule has 0 aromatic heterocycles. The lowest BCUT2D eigenvalue weighted by atomic mass is 10.1. The number of hydrogen-bond donors (Lipinski definition) is 1. The molecule has 0 saturated heterocycles. The molecule has 14 heavy (non-hydrogen) atoms. The zero-order valence-electron chi connectivity index (χ0n) is 8.62. The first-order valence-electron chi connectivity index (χ1n) is 4.78. The molecular weight excluding hydrogens is 174 g/mol. The van der Waals surface area contributed by atoms with Crippen LogP contribution in [0.1, 0.15) is 11.1 Å². The second kappa shape index (κ2) is 6.35. The minimum atomic E-state index is 0.609. The highest BCUT2D eigenvalue weighted by Gasteiger charge is 1.93. The fraction of sp³-hybridized carbons (Fsp3) is 0.333. The van der Waals surface area contributed by atoms with Gasteiger partial charge in [0.25, 0.3) is 0 Å². The van der Waals surface area contributed by atoms with Crippen LogP contribution in [0.25, 0.3) is 0 Å². The maximum atomic E-state index is 5.34. The summed E-state index contributed by atoms with van der Waals surface area (Å²) in [6.45, 7) is 5.78. The van der Waals surface area contributed by atoms with Gasteiger partial charge in [-0.2, -0.15) is 0 Å². The first kappa shape index (κ1) is 11.0. The van der Waals surface area contributed by atoms with E-state index in [1.807, 2.05) is 7.05 Å². The lowest BCUT2D eigenvalue weighted by Crippen LogP contribution is -2.04. The lowest BCUT2D eigenvalue weighted by Gasteiger charge is -2.03. The molecule has 0 unspecified atom stereocenters. The minimum Gasteiger partial charge on any atom is -0.373 e. The molecule has 2 heteroatoms. The average Bonchev–Trinajstić information content (AvgIpc) is 2.21. The Labute approximate surface area is 85.6 Å². The molecule has 76 valence electrons. The molecule has 2 nitrogen and oxygen atoms in total. The van der Waals surface area contributed by atoms with Gasteiger partial charge in [-0.25, -0.2) is 0 Å². The Balaban J connectivity index is 2.42. The van der Waals surface area contributed by atoms with E-state index in [9.17, 15) is 0 Å². The fourth-order valence-corrected chi connectivity index (χ4v) is 1.22. The van der Waals surface area contributed by atoms with Crippen LogP contribution in [0, 0.1) is 0 Å². The highest BCUT2D eigenvalue weighted by atomic mass is 16.5. The quantitative estimate of drug-likeness (QED) is 0.549. The molecule has 0 aliphatic rings. The average molecular weight is 191 g/mol. The zero-order valence-corrected chi connectivity index (χ0v) is 8.62. The van der Waals surface area contributed by atoms with Crippen LogP contribution in [0.2, 0.25) is 0 Å². The number of rotatable bonds is 6. The predicted molar refractivity (Wildman–Crippen MR) is 59.1 cm³/mol. The standard InChI is InChI=1S/C12H17NO/c1-3-8-14-10-12-6-4-11(5-7-12)9-13-2/h3-7,13H,1,8-10H2,2H3. The molecule has 1 aromatic rings. The Hall–Kier alpha value is -1.12. The molecule has 0 saturated carbocycles. The zero-order chi connectivity index (χ0) is 10.2. The van der Waals surface area contributed by atoms with E-state index in [1.54, 1.807) is 6.08 Å². The molecule has 0 aliphatic heterocycles. The second-order valence-electron chi connectivity index (χ2n) is 3.15. The van der Waals surface area contributed by atoms with Crippen LogP contribution >= 0.6 is 0 Å². The smallest absolute Gasteiger partial charge is 0.0721 e. The molecule has 0 heterocycles. The molecule has 1 rings (SSSR count). The van der Waals surface area contributed by atoms with Gasteiger partial charge in [0.1, 0.15) is 0 Å². The largest absolute Gasteiger partial charge is 0.373 e. The molecule has 1 aromatic carbocycles. The van der Waals surface area contributed by atoms with Gasteiger partial charge in [-0.3, -0.25) is 0 Å². The Kier molecular flexibility index (Phi) is 4.97. The van der Waals surface area contributed by atoms with Gasteiger partial charge >= 0.3 is 0 Å². The van der Waals surface area contributed by atoms with Crippen LogP contribution in [0.3, 0.4) is 0 Å². The summed E-state index contributed by atoms with van der Waals surface area (Å²) in [5.74, 6) is 0. The molecule has 0 aliphatic carbocycles. The van der Waals surface area contributed by atoms with Crippen molar-refractivity contribution in [3.8, 4) is 0 Å². The molecular formula is C12H17NO. The summed E-state index contributed by atoms with van der Waals surface area (Å²) >= 11 is 0. The van der Waals surface area contributed by atoms with E-state index in [0.717, 1.165) is 6.54 Å². The van der Waals surface area contributed by atoms with Gasteiger partial charge in [0, 0.05) is 6.54 Å². The van der Waals surface area contributed by atoms with Gasteiger partial charge in [-0.1, -0.05) is 30.3 Å². The molecule has 0 radical (unpaired) electrons. The Morgan fingerprint density at radius 1 is 1.29 bits per heavy atom. The Morgan fingerprint density at radius 2 is 1.93 bits per heavy atom. The van der Waals surface area contributed by atoms with Crippen LogP contribution in [0.5, 0.6) is 0 Å². The van der Waals surface area contributed by atoms with Crippen LogP contribution in [-0.4, -0.2) is 13.7 Å². The summed E-state index contributed by atoms with van der Waals surface area (Å²) in [5, 5.41) is 3.11. The van der Waals surface area contributed by atoms with Crippen molar-refractivity contribution >= 4 is 0 Å². The van der Waals surface area contributed by atoms with Gasteiger partial charge in [-0.05, 0) is 18.2 Å². The van der Waals surface area contributed by atoms with Crippen molar-refractivity contribution in [1.82, 2.24) is 5.32 Å². The van der Waals surface area contributed by atoms with E-state index in [0.29, 0.717) is 13.2 Å². The summed E-state index contributed by atoms with van der Waals surface area (Å²) in [4.78, 5) is 0. The SMILES string of the molecule is C=CCOCc1ccc(CNC)cc1. The summed E-state index contributed by atoms with van der Waals surface area (Å²) in [7, 11) is 1.95. The third-order valence-electron chi connectivity index (χ3n) is 1.91. The summed E-state index contributed by atoms with van der Waals surface area (Å²) in [5.41, 5.74) is 2.49. The predicted octanol–water partition coefficient (Wildman–Crippen LogP) is 2.11. The molecule has 0 bridgehead atoms. The number of nitrogens with one attached hydrogen (secondary N) is 1. The van der Waals surface area contributed by atoms with E-state index >= 15 is 0 Å². The maximum Gasteiger partial charge on any atom is 0.0721 e. The van der Waals surface area contributed by atoms with Gasteiger partial charge < -0.3 is 10.1 Å². The third-order valence-corrected chi connectivity index (χ3v) is 1.91. The van der Waals surface area contributed by atoms with Crippen LogP contribution in [0.15, 0.2) is 36.9 Å². The summed E-state index contributed by atoms with van der Waals surface area (Å²) < 4.78 is 5.34. The van der Waals surface area contributed by atoms with Gasteiger partial charge in [0.15, 0.2) is 0 Å². The molecule has 0 fully saturated rings. The third kappa shape index (κ3) is 3.73. The Bertz CT molecular complexity index is 266. The molecule has 0 amide bonds. The molecule has 0 spiro atoms. The lowest BCUT2D eigenvalue weighted by molar-refractivity contribution is 0.149. The van der Waals surface area contributed by atoms with Gasteiger partial charge in [-0.15, -0.1) is 6.58 Å². The highest BCUT2D eigenvalue weighted by molar-refractivity contribution is 5.21. The van der Waals surface area contributed by atoms with Crippen LogP contribution < -0.4 is 5.32 Å². The summed E-state index contributed by atoms with van der Waals surface area (Å²) in [6.07, 6.45) is 1.76. The maximum absolute atomic E-state index is 5.34. The number of ether oxygens (including phenoxy) is 1. The molecule has 0 atom stereocenters. The summed E-state index contributed by atoms with van der Waals surface area (Å²) in [6, 6.07) is 8.41. The minimum absolute atomic E-state index is 0.609. The molecule has 1 N–H and O–H groups in total. The van der Waals surface area contributed by atoms with E-state index < -0.39 is 0 Å². The van der Waals surface area contributed by atoms with Crippen LogP contribution in [-0.2, 0) is 17.9 Å². The first-order valence-corrected chi connectivity index (χ1v) is 4.78. The normalized spacial score (nSPS) is 10.1. The van der Waals surface area contributed by atoms with Crippen molar-refractivity contribution in [2.24, 2.45) is 0 Å². The number of benzene rings is 1. The topological polar surface area (TPSA) is 21.3 Å². The van der Waals surface area contributed by atoms with Gasteiger partial charge in [0.05, 0.1) is 13.2 Å². The second-order valence-corrected chi connectivity index (χ2v) is 3.15.